The van der Waals surface area contributed by atoms with Crippen molar-refractivity contribution in [2.45, 2.75) is 45.3 Å². The van der Waals surface area contributed by atoms with Crippen LogP contribution in [0.1, 0.15) is 48.9 Å². The van der Waals surface area contributed by atoms with Crippen molar-refractivity contribution >= 4 is 13.8 Å². The van der Waals surface area contributed by atoms with E-state index < -0.39 is 8.24 Å². The van der Waals surface area contributed by atoms with Crippen LogP contribution in [0.4, 0.5) is 0 Å². The molecule has 0 amide bonds. The van der Waals surface area contributed by atoms with Crippen LogP contribution in [0.15, 0.2) is 90.1 Å². The van der Waals surface area contributed by atoms with Gasteiger partial charge in [-0.3, -0.25) is 0 Å². The second-order valence-electron chi connectivity index (χ2n) is 9.59. The Hall–Kier alpha value is -1.54. The molecule has 0 saturated heterocycles. The molecule has 1 aliphatic carbocycles. The van der Waals surface area contributed by atoms with E-state index in [1.165, 1.54) is 27.8 Å². The van der Waals surface area contributed by atoms with Crippen LogP contribution in [-0.4, -0.2) is 13.8 Å². The maximum Gasteiger partial charge on any atom is 0.149 e. The van der Waals surface area contributed by atoms with Gasteiger partial charge in [-0.2, -0.15) is 0 Å². The molecule has 0 bridgehead atoms. The zero-order valence-corrected chi connectivity index (χ0v) is 22.1. The van der Waals surface area contributed by atoms with E-state index in [-0.39, 0.29) is 31.7 Å². The Morgan fingerprint density at radius 2 is 1.27 bits per heavy atom. The van der Waals surface area contributed by atoms with E-state index in [1.54, 1.807) is 5.20 Å². The van der Waals surface area contributed by atoms with Gasteiger partial charge in [-0.1, -0.05) is 98.0 Å². The van der Waals surface area contributed by atoms with Crippen LogP contribution in [0.5, 0.6) is 0 Å². The zero-order valence-electron chi connectivity index (χ0n) is 18.7. The van der Waals surface area contributed by atoms with Crippen molar-refractivity contribution in [2.75, 3.05) is 0 Å². The number of fused-ring (bicyclic) bond motifs is 1. The van der Waals surface area contributed by atoms with E-state index in [4.69, 9.17) is 0 Å². The molecule has 4 rings (SSSR count). The van der Waals surface area contributed by atoms with Gasteiger partial charge in [0.25, 0.3) is 0 Å². The summed E-state index contributed by atoms with van der Waals surface area (Å²) >= 11 is 0. The fourth-order valence-electron chi connectivity index (χ4n) is 5.01. The number of nitrogens with one attached hydrogen (secondary N) is 1. The molecule has 1 unspecified atom stereocenters. The second-order valence-corrected chi connectivity index (χ2v) is 13.6. The van der Waals surface area contributed by atoms with Crippen molar-refractivity contribution in [3.05, 3.63) is 112 Å². The van der Waals surface area contributed by atoms with Crippen LogP contribution in [0, 0.1) is 0 Å². The predicted molar refractivity (Wildman–Crippen MR) is 128 cm³/mol. The van der Waals surface area contributed by atoms with Gasteiger partial charge in [0.05, 0.1) is 0 Å². The molecule has 3 aromatic rings. The molecule has 0 saturated carbocycles. The smallest absolute Gasteiger partial charge is 0.149 e. The van der Waals surface area contributed by atoms with Crippen molar-refractivity contribution in [3.8, 4) is 0 Å². The first-order chi connectivity index (χ1) is 13.8. The normalized spacial score (nSPS) is 16.2. The van der Waals surface area contributed by atoms with E-state index in [2.05, 4.69) is 124 Å². The minimum absolute atomic E-state index is 0. The molecule has 3 heteroatoms. The van der Waals surface area contributed by atoms with Gasteiger partial charge in [0, 0.05) is 37.7 Å². The Bertz CT molecular complexity index is 1030. The summed E-state index contributed by atoms with van der Waals surface area (Å²) in [5, 5.41) is 1.59. The molecule has 0 aliphatic heterocycles. The van der Waals surface area contributed by atoms with Gasteiger partial charge in [0.15, 0.2) is 0 Å². The van der Waals surface area contributed by atoms with E-state index in [9.17, 15) is 0 Å². The first-order valence-corrected chi connectivity index (χ1v) is 13.5. The number of hydrogen-bond donors (Lipinski definition) is 1. The largest absolute Gasteiger partial charge is 0.329 e. The minimum Gasteiger partial charge on any atom is -0.329 e. The van der Waals surface area contributed by atoms with Crippen LogP contribution in [0.2, 0.25) is 13.1 Å². The van der Waals surface area contributed by atoms with E-state index in [1.807, 2.05) is 0 Å². The van der Waals surface area contributed by atoms with Gasteiger partial charge < -0.3 is 4.98 Å². The standard InChI is InChI=1S/C27H31NSi.Zr/c1-27(2,3)28-29(4,5)26-24(20-14-8-6-9-15-20)22-18-12-13-19-23(22)25(26)21-16-10-7-11-17-21;/h6-19,24,28H,1-5H3;. The first-order valence-electron chi connectivity index (χ1n) is 10.5. The third kappa shape index (κ3) is 4.54. The maximum atomic E-state index is 4.05. The summed E-state index contributed by atoms with van der Waals surface area (Å²) in [5.74, 6) is 0.305. The third-order valence-electron chi connectivity index (χ3n) is 5.66. The molecule has 152 valence electrons. The van der Waals surface area contributed by atoms with Gasteiger partial charge in [0.2, 0.25) is 0 Å². The Morgan fingerprint density at radius 3 is 1.87 bits per heavy atom. The quantitative estimate of drug-likeness (QED) is 0.400. The van der Waals surface area contributed by atoms with Crippen LogP contribution in [0.25, 0.3) is 5.57 Å². The number of hydrogen-bond acceptors (Lipinski definition) is 1. The third-order valence-corrected chi connectivity index (χ3v) is 8.92. The molecule has 0 heterocycles. The Balaban J connectivity index is 0.00000256. The van der Waals surface area contributed by atoms with Crippen LogP contribution < -0.4 is 4.98 Å². The summed E-state index contributed by atoms with van der Waals surface area (Å²) in [5.41, 5.74) is 7.04. The molecule has 1 N–H and O–H groups in total. The monoisotopic (exact) mass is 487 g/mol. The molecule has 3 aromatic carbocycles. The fraction of sp³-hybridized carbons (Fsp3) is 0.259. The Morgan fingerprint density at radius 1 is 0.733 bits per heavy atom. The van der Waals surface area contributed by atoms with Gasteiger partial charge >= 0.3 is 0 Å². The van der Waals surface area contributed by atoms with Crippen LogP contribution >= 0.6 is 0 Å². The van der Waals surface area contributed by atoms with Crippen molar-refractivity contribution in [2.24, 2.45) is 0 Å². The van der Waals surface area contributed by atoms with Crippen LogP contribution in [-0.2, 0) is 26.2 Å². The molecule has 1 aliphatic rings. The molecule has 0 aromatic heterocycles. The summed E-state index contributed by atoms with van der Waals surface area (Å²) < 4.78 is 0. The summed E-state index contributed by atoms with van der Waals surface area (Å²) in [6.45, 7) is 11.8. The van der Waals surface area contributed by atoms with E-state index in [0.29, 0.717) is 5.92 Å². The maximum absolute atomic E-state index is 4.05. The molecule has 1 atom stereocenters. The predicted octanol–water partition coefficient (Wildman–Crippen LogP) is 6.76. The topological polar surface area (TPSA) is 12.0 Å². The average molecular weight is 489 g/mol. The average Bonchev–Trinajstić information content (AvgIpc) is 3.04. The molecule has 1 nitrogen and oxygen atoms in total. The Labute approximate surface area is 201 Å². The molecule has 0 fully saturated rings. The molecular formula is C27H31NSiZr. The molecule has 30 heavy (non-hydrogen) atoms. The number of rotatable bonds is 4. The zero-order chi connectivity index (χ0) is 20.6. The fourth-order valence-corrected chi connectivity index (χ4v) is 8.96. The van der Waals surface area contributed by atoms with Crippen molar-refractivity contribution in [1.82, 2.24) is 4.98 Å². The SMILES string of the molecule is CC(C)(C)N[Si](C)(C)C1=C(c2ccccc2)c2ccccc2C1c1ccccc1.[Zr]. The van der Waals surface area contributed by atoms with Gasteiger partial charge in [-0.25, -0.2) is 0 Å². The Kier molecular flexibility index (Phi) is 6.87. The number of benzene rings is 3. The van der Waals surface area contributed by atoms with Gasteiger partial charge in [0.1, 0.15) is 8.24 Å². The molecule has 0 radical (unpaired) electrons. The minimum atomic E-state index is -1.97. The van der Waals surface area contributed by atoms with Crippen LogP contribution in [0.3, 0.4) is 0 Å². The number of allylic oxidation sites excluding steroid dienone is 1. The molecule has 0 spiro atoms. The molecular weight excluding hydrogens is 458 g/mol. The summed E-state index contributed by atoms with van der Waals surface area (Å²) in [7, 11) is -1.97. The van der Waals surface area contributed by atoms with E-state index in [0.717, 1.165) is 0 Å². The van der Waals surface area contributed by atoms with Crippen molar-refractivity contribution in [3.63, 3.8) is 0 Å². The summed E-state index contributed by atoms with van der Waals surface area (Å²) in [6.07, 6.45) is 0. The van der Waals surface area contributed by atoms with E-state index >= 15 is 0 Å². The summed E-state index contributed by atoms with van der Waals surface area (Å²) in [4.78, 5) is 4.05. The van der Waals surface area contributed by atoms with Gasteiger partial charge in [-0.05, 0) is 53.8 Å². The first kappa shape index (κ1) is 23.1. The van der Waals surface area contributed by atoms with Crippen molar-refractivity contribution < 1.29 is 26.2 Å². The van der Waals surface area contributed by atoms with Gasteiger partial charge in [-0.15, -0.1) is 0 Å². The summed E-state index contributed by atoms with van der Waals surface area (Å²) in [6, 6.07) is 31.0. The second kappa shape index (κ2) is 8.91. The van der Waals surface area contributed by atoms with Crippen molar-refractivity contribution in [1.29, 1.82) is 0 Å².